The van der Waals surface area contributed by atoms with Gasteiger partial charge in [-0.25, -0.2) is 0 Å². The maximum Gasteiger partial charge on any atom is 0.227 e. The van der Waals surface area contributed by atoms with Crippen LogP contribution in [-0.2, 0) is 9.59 Å². The molecule has 2 aromatic rings. The van der Waals surface area contributed by atoms with Crippen LogP contribution in [0.1, 0.15) is 44.6 Å². The molecule has 0 aliphatic carbocycles. The van der Waals surface area contributed by atoms with Crippen molar-refractivity contribution in [2.24, 2.45) is 5.92 Å². The average Bonchev–Trinajstić information content (AvgIpc) is 2.75. The van der Waals surface area contributed by atoms with Crippen molar-refractivity contribution < 1.29 is 14.3 Å². The third kappa shape index (κ3) is 6.08. The number of amides is 2. The Bertz CT molecular complexity index is 795. The van der Waals surface area contributed by atoms with Crippen LogP contribution in [0.4, 0.5) is 5.69 Å². The molecule has 1 N–H and O–H groups in total. The summed E-state index contributed by atoms with van der Waals surface area (Å²) in [4.78, 5) is 26.8. The first-order valence-corrected chi connectivity index (χ1v) is 10.4. The minimum Gasteiger partial charge on any atom is -0.493 e. The zero-order valence-corrected chi connectivity index (χ0v) is 17.3. The van der Waals surface area contributed by atoms with E-state index in [9.17, 15) is 9.59 Å². The molecule has 5 nitrogen and oxygen atoms in total. The summed E-state index contributed by atoms with van der Waals surface area (Å²) in [5, 5.41) is 3.01. The molecule has 1 aliphatic heterocycles. The van der Waals surface area contributed by atoms with Crippen LogP contribution in [0.25, 0.3) is 0 Å². The fourth-order valence-electron chi connectivity index (χ4n) is 3.52. The number of nitrogens with zero attached hydrogens (tertiary/aromatic N) is 1. The van der Waals surface area contributed by atoms with Crippen molar-refractivity contribution >= 4 is 17.5 Å². The zero-order valence-electron chi connectivity index (χ0n) is 17.3. The fraction of sp³-hybridized carbons (Fsp3) is 0.417. The van der Waals surface area contributed by atoms with Crippen molar-refractivity contribution in [2.45, 2.75) is 39.0 Å². The topological polar surface area (TPSA) is 58.6 Å². The van der Waals surface area contributed by atoms with E-state index in [-0.39, 0.29) is 17.7 Å². The lowest BCUT2D eigenvalue weighted by Crippen LogP contribution is -2.41. The summed E-state index contributed by atoms with van der Waals surface area (Å²) < 4.78 is 5.60. The van der Waals surface area contributed by atoms with Crippen LogP contribution in [0.3, 0.4) is 0 Å². The van der Waals surface area contributed by atoms with Gasteiger partial charge in [-0.1, -0.05) is 44.2 Å². The highest BCUT2D eigenvalue weighted by Gasteiger charge is 2.27. The molecule has 29 heavy (non-hydrogen) atoms. The van der Waals surface area contributed by atoms with Gasteiger partial charge in [0.05, 0.1) is 13.0 Å². The summed E-state index contributed by atoms with van der Waals surface area (Å²) in [6, 6.07) is 17.5. The molecule has 0 spiro atoms. The maximum atomic E-state index is 12.6. The number of carbonyl (C=O) groups excluding carboxylic acids is 2. The van der Waals surface area contributed by atoms with E-state index in [1.807, 2.05) is 47.4 Å². The number of nitrogens with one attached hydrogen (secondary N) is 1. The Morgan fingerprint density at radius 2 is 1.69 bits per heavy atom. The van der Waals surface area contributed by atoms with Gasteiger partial charge in [0.1, 0.15) is 5.75 Å². The van der Waals surface area contributed by atoms with Crippen LogP contribution >= 0.6 is 0 Å². The molecule has 0 atom stereocenters. The third-order valence-corrected chi connectivity index (χ3v) is 5.39. The molecule has 5 heteroatoms. The molecular weight excluding hydrogens is 364 g/mol. The molecular formula is C24H30N2O3. The smallest absolute Gasteiger partial charge is 0.227 e. The van der Waals surface area contributed by atoms with E-state index in [4.69, 9.17) is 4.74 Å². The van der Waals surface area contributed by atoms with Crippen molar-refractivity contribution in [3.8, 4) is 5.75 Å². The van der Waals surface area contributed by atoms with Gasteiger partial charge in [-0.2, -0.15) is 0 Å². The van der Waals surface area contributed by atoms with Gasteiger partial charge in [0.25, 0.3) is 0 Å². The molecule has 3 rings (SSSR count). The monoisotopic (exact) mass is 394 g/mol. The Kier molecular flexibility index (Phi) is 7.28. The summed E-state index contributed by atoms with van der Waals surface area (Å²) >= 11 is 0. The first-order valence-electron chi connectivity index (χ1n) is 10.4. The highest BCUT2D eigenvalue weighted by Crippen LogP contribution is 2.22. The number of para-hydroxylation sites is 1. The summed E-state index contributed by atoms with van der Waals surface area (Å²) in [5.74, 6) is 1.33. The van der Waals surface area contributed by atoms with Crippen molar-refractivity contribution in [3.05, 3.63) is 60.2 Å². The molecule has 1 heterocycles. The van der Waals surface area contributed by atoms with Gasteiger partial charge in [0, 0.05) is 24.7 Å². The number of ether oxygens (including phenoxy) is 1. The number of rotatable bonds is 7. The van der Waals surface area contributed by atoms with Gasteiger partial charge >= 0.3 is 0 Å². The summed E-state index contributed by atoms with van der Waals surface area (Å²) in [5.41, 5.74) is 2.09. The lowest BCUT2D eigenvalue weighted by atomic mass is 9.95. The normalized spacial score (nSPS) is 14.7. The van der Waals surface area contributed by atoms with Crippen molar-refractivity contribution in [1.29, 1.82) is 0 Å². The van der Waals surface area contributed by atoms with E-state index in [1.54, 1.807) is 0 Å². The number of piperidine rings is 1. The van der Waals surface area contributed by atoms with Gasteiger partial charge in [0.2, 0.25) is 11.8 Å². The van der Waals surface area contributed by atoms with E-state index in [1.165, 1.54) is 5.56 Å². The lowest BCUT2D eigenvalue weighted by molar-refractivity contribution is -0.135. The molecule has 0 saturated carbocycles. The zero-order chi connectivity index (χ0) is 20.6. The second kappa shape index (κ2) is 10.1. The Morgan fingerprint density at radius 1 is 1.03 bits per heavy atom. The van der Waals surface area contributed by atoms with Gasteiger partial charge in [0.15, 0.2) is 0 Å². The summed E-state index contributed by atoms with van der Waals surface area (Å²) in [7, 11) is 0. The molecule has 1 aliphatic rings. The van der Waals surface area contributed by atoms with Crippen LogP contribution in [-0.4, -0.2) is 36.4 Å². The Labute approximate surface area is 173 Å². The first kappa shape index (κ1) is 20.9. The second-order valence-electron chi connectivity index (χ2n) is 7.83. The van der Waals surface area contributed by atoms with Gasteiger partial charge in [-0.05, 0) is 48.6 Å². The molecule has 0 radical (unpaired) electrons. The quantitative estimate of drug-likeness (QED) is 0.754. The molecule has 0 bridgehead atoms. The van der Waals surface area contributed by atoms with Crippen LogP contribution in [0.15, 0.2) is 54.6 Å². The fourth-order valence-corrected chi connectivity index (χ4v) is 3.52. The van der Waals surface area contributed by atoms with Crippen LogP contribution in [0.2, 0.25) is 0 Å². The number of benzene rings is 2. The highest BCUT2D eigenvalue weighted by molar-refractivity contribution is 5.92. The Balaban J connectivity index is 1.39. The van der Waals surface area contributed by atoms with Crippen molar-refractivity contribution in [3.63, 3.8) is 0 Å². The number of likely N-dealkylation sites (tertiary alicyclic amines) is 1. The van der Waals surface area contributed by atoms with E-state index >= 15 is 0 Å². The molecule has 2 amide bonds. The minimum absolute atomic E-state index is 0.0433. The Morgan fingerprint density at radius 3 is 2.31 bits per heavy atom. The van der Waals surface area contributed by atoms with Crippen LogP contribution < -0.4 is 10.1 Å². The SMILES string of the molecule is CC(C)c1ccc(NC(=O)C2CCN(C(=O)CCOc3ccccc3)CC2)cc1. The predicted octanol–water partition coefficient (Wildman–Crippen LogP) is 4.46. The standard InChI is InChI=1S/C24H30N2O3/c1-18(2)19-8-10-21(11-9-19)25-24(28)20-12-15-26(16-13-20)23(27)14-17-29-22-6-4-3-5-7-22/h3-11,18,20H,12-17H2,1-2H3,(H,25,28). The number of hydrogen-bond donors (Lipinski definition) is 1. The maximum absolute atomic E-state index is 12.6. The van der Waals surface area contributed by atoms with Gasteiger partial charge in [-0.3, -0.25) is 9.59 Å². The molecule has 154 valence electrons. The lowest BCUT2D eigenvalue weighted by Gasteiger charge is -2.31. The number of carbonyl (C=O) groups is 2. The molecule has 1 saturated heterocycles. The Hall–Kier alpha value is -2.82. The minimum atomic E-state index is -0.0515. The first-order chi connectivity index (χ1) is 14.0. The van der Waals surface area contributed by atoms with Gasteiger partial charge in [-0.15, -0.1) is 0 Å². The number of anilines is 1. The molecule has 2 aromatic carbocycles. The number of hydrogen-bond acceptors (Lipinski definition) is 3. The van der Waals surface area contributed by atoms with E-state index in [2.05, 4.69) is 31.3 Å². The second-order valence-corrected chi connectivity index (χ2v) is 7.83. The van der Waals surface area contributed by atoms with E-state index in [0.29, 0.717) is 44.9 Å². The van der Waals surface area contributed by atoms with Crippen molar-refractivity contribution in [2.75, 3.05) is 25.0 Å². The average molecular weight is 395 g/mol. The highest BCUT2D eigenvalue weighted by atomic mass is 16.5. The molecule has 0 unspecified atom stereocenters. The predicted molar refractivity (Wildman–Crippen MR) is 115 cm³/mol. The van der Waals surface area contributed by atoms with Crippen molar-refractivity contribution in [1.82, 2.24) is 4.90 Å². The molecule has 1 fully saturated rings. The summed E-state index contributed by atoms with van der Waals surface area (Å²) in [6.07, 6.45) is 1.75. The van der Waals surface area contributed by atoms with Gasteiger partial charge < -0.3 is 15.0 Å². The van der Waals surface area contributed by atoms with E-state index in [0.717, 1.165) is 11.4 Å². The van der Waals surface area contributed by atoms with Crippen LogP contribution in [0.5, 0.6) is 5.75 Å². The van der Waals surface area contributed by atoms with Crippen LogP contribution in [0, 0.1) is 5.92 Å². The summed E-state index contributed by atoms with van der Waals surface area (Å²) in [6.45, 7) is 5.91. The third-order valence-electron chi connectivity index (χ3n) is 5.39. The largest absolute Gasteiger partial charge is 0.493 e. The van der Waals surface area contributed by atoms with E-state index < -0.39 is 0 Å². The molecule has 0 aromatic heterocycles.